The van der Waals surface area contributed by atoms with E-state index in [1.165, 1.54) is 123 Å². The Morgan fingerprint density at radius 1 is 0.347 bits per heavy atom. The maximum Gasteiger partial charge on any atom is 0.252 e. The molecule has 0 radical (unpaired) electrons. The molecule has 75 heavy (non-hydrogen) atoms. The summed E-state index contributed by atoms with van der Waals surface area (Å²) in [7, 11) is 0. The maximum absolute atomic E-state index is 2.75. The molecule has 0 unspecified atom stereocenters. The van der Waals surface area contributed by atoms with Crippen LogP contribution in [0.1, 0.15) is 77.0 Å². The van der Waals surface area contributed by atoms with Gasteiger partial charge in [0.05, 0.1) is 11.4 Å². The van der Waals surface area contributed by atoms with E-state index >= 15 is 0 Å². The van der Waals surface area contributed by atoms with E-state index in [4.69, 9.17) is 0 Å². The lowest BCUT2D eigenvalue weighted by atomic mass is 9.33. The van der Waals surface area contributed by atoms with Gasteiger partial charge in [-0.05, 0) is 133 Å². The molecule has 2 aliphatic heterocycles. The third-order valence-electron chi connectivity index (χ3n) is 15.8. The zero-order valence-corrected chi connectivity index (χ0v) is 44.2. The second-order valence-electron chi connectivity index (χ2n) is 21.7. The Morgan fingerprint density at radius 2 is 0.733 bits per heavy atom. The number of anilines is 6. The third-order valence-corrected chi connectivity index (χ3v) is 15.8. The Hall–Kier alpha value is -8.14. The standard InChI is InChI=1S/C72H65BN2/c1-6-8-26-57-44-60(72(3,4)5)45-58(27-9-7-2)70(57)74-65-42-40-55(50-28-15-10-16-29-50)46-63(65)73-64-47-56(51-30-17-11-18-31-51)41-43-66(64)75(68-49-59(48-67(74)69(68)73)52-32-19-12-20-33-52)71-61(53-34-21-13-22-35-53)38-25-39-62(71)54-36-23-14-24-37-54/h10-25,28-49H,6-9,26-27H2,1-5H3. The number of aryl methyl sites for hydroxylation is 2. The molecule has 0 atom stereocenters. The fourth-order valence-electron chi connectivity index (χ4n) is 12.0. The molecule has 0 saturated heterocycles. The Labute approximate surface area is 446 Å². The highest BCUT2D eigenvalue weighted by Gasteiger charge is 2.45. The van der Waals surface area contributed by atoms with Gasteiger partial charge in [-0.1, -0.05) is 254 Å². The number of fused-ring (bicyclic) bond motifs is 4. The summed E-state index contributed by atoms with van der Waals surface area (Å²) >= 11 is 0. The van der Waals surface area contributed by atoms with Crippen LogP contribution in [0.25, 0.3) is 55.6 Å². The van der Waals surface area contributed by atoms with E-state index in [9.17, 15) is 0 Å². The Kier molecular flexibility index (Phi) is 12.9. The molecule has 0 amide bonds. The molecule has 2 nitrogen and oxygen atoms in total. The SMILES string of the molecule is CCCCc1cc(C(C)(C)C)cc(CCCC)c1N1c2ccc(-c3ccccc3)cc2B2c3cc(-c4ccccc4)ccc3N(c3c(-c4ccccc4)cccc3-c3ccccc3)c3cc(-c4ccccc4)cc1c32. The molecule has 10 aromatic rings. The predicted octanol–water partition coefficient (Wildman–Crippen LogP) is 18.1. The molecule has 10 aromatic carbocycles. The number of para-hydroxylation sites is 1. The van der Waals surface area contributed by atoms with Crippen molar-refractivity contribution in [2.75, 3.05) is 9.80 Å². The molecule has 12 rings (SSSR count). The van der Waals surface area contributed by atoms with Crippen molar-refractivity contribution in [2.45, 2.75) is 78.6 Å². The van der Waals surface area contributed by atoms with Crippen molar-refractivity contribution in [1.29, 1.82) is 0 Å². The van der Waals surface area contributed by atoms with Crippen molar-refractivity contribution in [3.8, 4) is 55.6 Å². The lowest BCUT2D eigenvalue weighted by Crippen LogP contribution is -2.61. The van der Waals surface area contributed by atoms with Crippen LogP contribution in [0.2, 0.25) is 0 Å². The van der Waals surface area contributed by atoms with Gasteiger partial charge in [0.25, 0.3) is 6.71 Å². The minimum Gasteiger partial charge on any atom is -0.311 e. The van der Waals surface area contributed by atoms with Crippen LogP contribution in [0.15, 0.2) is 231 Å². The van der Waals surface area contributed by atoms with Crippen LogP contribution < -0.4 is 26.2 Å². The number of unbranched alkanes of at least 4 members (excludes halogenated alkanes) is 2. The molecular formula is C72H65BN2. The van der Waals surface area contributed by atoms with Crippen molar-refractivity contribution < 1.29 is 0 Å². The van der Waals surface area contributed by atoms with Gasteiger partial charge in [-0.2, -0.15) is 0 Å². The van der Waals surface area contributed by atoms with Crippen LogP contribution in [0.5, 0.6) is 0 Å². The number of hydrogen-bond acceptors (Lipinski definition) is 2. The molecule has 0 spiro atoms. The van der Waals surface area contributed by atoms with E-state index in [0.717, 1.165) is 38.5 Å². The predicted molar refractivity (Wildman–Crippen MR) is 324 cm³/mol. The lowest BCUT2D eigenvalue weighted by molar-refractivity contribution is 0.587. The van der Waals surface area contributed by atoms with Crippen LogP contribution in [-0.2, 0) is 18.3 Å². The summed E-state index contributed by atoms with van der Waals surface area (Å²) in [6.45, 7) is 11.7. The van der Waals surface area contributed by atoms with Gasteiger partial charge in [0.1, 0.15) is 0 Å². The number of hydrogen-bond donors (Lipinski definition) is 0. The first-order valence-corrected chi connectivity index (χ1v) is 27.4. The van der Waals surface area contributed by atoms with Crippen LogP contribution in [0.4, 0.5) is 34.1 Å². The molecule has 0 aliphatic carbocycles. The molecule has 2 aliphatic rings. The van der Waals surface area contributed by atoms with Gasteiger partial charge in [0.15, 0.2) is 0 Å². The van der Waals surface area contributed by atoms with Crippen molar-refractivity contribution >= 4 is 57.2 Å². The van der Waals surface area contributed by atoms with Gasteiger partial charge in [0.2, 0.25) is 0 Å². The summed E-state index contributed by atoms with van der Waals surface area (Å²) < 4.78 is 0. The maximum atomic E-state index is 2.75. The van der Waals surface area contributed by atoms with Gasteiger partial charge in [-0.3, -0.25) is 0 Å². The van der Waals surface area contributed by atoms with Gasteiger partial charge >= 0.3 is 0 Å². The van der Waals surface area contributed by atoms with Gasteiger partial charge in [-0.15, -0.1) is 0 Å². The summed E-state index contributed by atoms with van der Waals surface area (Å²) in [6, 6.07) is 86.9. The number of rotatable bonds is 13. The molecule has 0 N–H and O–H groups in total. The summed E-state index contributed by atoms with van der Waals surface area (Å²) in [5, 5.41) is 0. The molecular weight excluding hydrogens is 904 g/mol. The summed E-state index contributed by atoms with van der Waals surface area (Å²) in [5.41, 5.74) is 27.7. The highest BCUT2D eigenvalue weighted by atomic mass is 15.2. The molecule has 2 heterocycles. The molecule has 3 heteroatoms. The fraction of sp³-hybridized carbons (Fsp3) is 0.167. The summed E-state index contributed by atoms with van der Waals surface area (Å²) in [4.78, 5) is 5.42. The van der Waals surface area contributed by atoms with Gasteiger partial charge < -0.3 is 9.80 Å². The van der Waals surface area contributed by atoms with Crippen LogP contribution in [0.3, 0.4) is 0 Å². The van der Waals surface area contributed by atoms with Crippen LogP contribution >= 0.6 is 0 Å². The quantitative estimate of drug-likeness (QED) is 0.106. The fourth-order valence-corrected chi connectivity index (χ4v) is 12.0. The van der Waals surface area contributed by atoms with Crippen LogP contribution in [-0.4, -0.2) is 6.71 Å². The third kappa shape index (κ3) is 8.89. The second kappa shape index (κ2) is 20.3. The summed E-state index contributed by atoms with van der Waals surface area (Å²) in [6.07, 6.45) is 6.51. The van der Waals surface area contributed by atoms with Crippen molar-refractivity contribution in [1.82, 2.24) is 0 Å². The Balaban J connectivity index is 1.27. The monoisotopic (exact) mass is 969 g/mol. The zero-order valence-electron chi connectivity index (χ0n) is 44.2. The highest BCUT2D eigenvalue weighted by Crippen LogP contribution is 2.52. The number of nitrogens with zero attached hydrogens (tertiary/aromatic N) is 2. The normalized spacial score (nSPS) is 12.6. The minimum atomic E-state index is -0.0965. The Morgan fingerprint density at radius 3 is 1.13 bits per heavy atom. The topological polar surface area (TPSA) is 6.48 Å². The van der Waals surface area contributed by atoms with E-state index < -0.39 is 0 Å². The average molecular weight is 969 g/mol. The van der Waals surface area contributed by atoms with E-state index in [0.29, 0.717) is 0 Å². The van der Waals surface area contributed by atoms with Gasteiger partial charge in [0, 0.05) is 33.9 Å². The Bertz CT molecular complexity index is 3570. The first-order valence-electron chi connectivity index (χ1n) is 27.4. The van der Waals surface area contributed by atoms with E-state index in [1.54, 1.807) is 0 Å². The molecule has 0 bridgehead atoms. The van der Waals surface area contributed by atoms with Crippen molar-refractivity contribution in [3.05, 3.63) is 247 Å². The first-order chi connectivity index (χ1) is 36.8. The average Bonchev–Trinajstić information content (AvgIpc) is 3.47. The first kappa shape index (κ1) is 47.8. The zero-order chi connectivity index (χ0) is 51.0. The number of benzene rings is 10. The smallest absolute Gasteiger partial charge is 0.252 e. The van der Waals surface area contributed by atoms with E-state index in [2.05, 4.69) is 275 Å². The summed E-state index contributed by atoms with van der Waals surface area (Å²) in [5.74, 6) is 0. The van der Waals surface area contributed by atoms with E-state index in [1.807, 2.05) is 0 Å². The van der Waals surface area contributed by atoms with Crippen molar-refractivity contribution in [2.24, 2.45) is 0 Å². The molecule has 0 fully saturated rings. The lowest BCUT2D eigenvalue weighted by Gasteiger charge is -2.46. The van der Waals surface area contributed by atoms with Gasteiger partial charge in [-0.25, -0.2) is 0 Å². The molecule has 0 saturated carbocycles. The molecule has 0 aromatic heterocycles. The minimum absolute atomic E-state index is 0.00832. The second-order valence-corrected chi connectivity index (χ2v) is 21.7. The highest BCUT2D eigenvalue weighted by molar-refractivity contribution is 7.00. The van der Waals surface area contributed by atoms with E-state index in [-0.39, 0.29) is 12.1 Å². The van der Waals surface area contributed by atoms with Crippen molar-refractivity contribution in [3.63, 3.8) is 0 Å². The largest absolute Gasteiger partial charge is 0.311 e. The van der Waals surface area contributed by atoms with Crippen LogP contribution in [0, 0.1) is 0 Å². The molecule has 366 valence electrons.